The summed E-state index contributed by atoms with van der Waals surface area (Å²) in [6.45, 7) is 0. The third-order valence-corrected chi connectivity index (χ3v) is 5.67. The van der Waals surface area contributed by atoms with Crippen molar-refractivity contribution < 1.29 is 27.2 Å². The summed E-state index contributed by atoms with van der Waals surface area (Å²) in [4.78, 5) is 0. The van der Waals surface area contributed by atoms with Crippen LogP contribution in [0.3, 0.4) is 0 Å². The Morgan fingerprint density at radius 2 is 1.55 bits per heavy atom. The second kappa shape index (κ2) is 8.42. The van der Waals surface area contributed by atoms with Crippen LogP contribution in [0.4, 0.5) is 0 Å². The van der Waals surface area contributed by atoms with E-state index in [1.165, 1.54) is 28.4 Å². The number of phosphoric acid groups is 1. The van der Waals surface area contributed by atoms with Gasteiger partial charge in [-0.2, -0.15) is 0 Å². The van der Waals surface area contributed by atoms with Gasteiger partial charge in [0.05, 0.1) is 0 Å². The lowest BCUT2D eigenvalue weighted by molar-refractivity contribution is 0.127. The molecule has 0 aliphatic carbocycles. The molecule has 20 heavy (non-hydrogen) atoms. The highest BCUT2D eigenvalue weighted by Gasteiger charge is 2.35. The van der Waals surface area contributed by atoms with E-state index in [0.717, 1.165) is 0 Å². The number of rotatable bonds is 8. The Kier molecular flexibility index (Phi) is 7.59. The molecular weight excluding hydrogens is 326 g/mol. The first kappa shape index (κ1) is 18.0. The standard InChI is InChI=1S/C11H17ClO6P2/c1-14-19(15-2)11(18-20(13,16-3)17-4)9-5-7-10(12)8-6-9/h5-8,11H,1-4H3. The van der Waals surface area contributed by atoms with Gasteiger partial charge in [-0.3, -0.25) is 13.6 Å². The zero-order chi connectivity index (χ0) is 15.2. The molecule has 0 aliphatic heterocycles. The molecule has 0 radical (unpaired) electrons. The molecule has 0 saturated carbocycles. The van der Waals surface area contributed by atoms with E-state index in [9.17, 15) is 4.57 Å². The Balaban J connectivity index is 3.08. The predicted molar refractivity (Wildman–Crippen MR) is 77.8 cm³/mol. The van der Waals surface area contributed by atoms with Gasteiger partial charge in [-0.05, 0) is 17.7 Å². The van der Waals surface area contributed by atoms with E-state index in [-0.39, 0.29) is 0 Å². The van der Waals surface area contributed by atoms with Crippen LogP contribution in [-0.2, 0) is 27.2 Å². The summed E-state index contributed by atoms with van der Waals surface area (Å²) in [5, 5.41) is 0.577. The number of halogens is 1. The molecule has 0 fully saturated rings. The maximum atomic E-state index is 12.1. The molecule has 9 heteroatoms. The highest BCUT2D eigenvalue weighted by Crippen LogP contribution is 2.61. The molecule has 6 nitrogen and oxygen atoms in total. The van der Waals surface area contributed by atoms with E-state index in [4.69, 9.17) is 34.2 Å². The van der Waals surface area contributed by atoms with Gasteiger partial charge in [-0.1, -0.05) is 23.7 Å². The Morgan fingerprint density at radius 3 is 1.95 bits per heavy atom. The summed E-state index contributed by atoms with van der Waals surface area (Å²) in [6.07, 6.45) is 0. The minimum Gasteiger partial charge on any atom is -0.335 e. The second-order valence-corrected chi connectivity index (χ2v) is 7.51. The fraction of sp³-hybridized carbons (Fsp3) is 0.455. The van der Waals surface area contributed by atoms with Gasteiger partial charge in [0.15, 0.2) is 5.85 Å². The summed E-state index contributed by atoms with van der Waals surface area (Å²) >= 11 is 5.85. The summed E-state index contributed by atoms with van der Waals surface area (Å²) < 4.78 is 37.6. The monoisotopic (exact) mass is 342 g/mol. The Labute approximate surface area is 124 Å². The van der Waals surface area contributed by atoms with Crippen LogP contribution in [0.2, 0.25) is 5.02 Å². The summed E-state index contributed by atoms with van der Waals surface area (Å²) in [5.41, 5.74) is 0.693. The van der Waals surface area contributed by atoms with E-state index < -0.39 is 22.0 Å². The van der Waals surface area contributed by atoms with Gasteiger partial charge < -0.3 is 9.05 Å². The zero-order valence-electron chi connectivity index (χ0n) is 11.6. The minimum atomic E-state index is -3.67. The maximum absolute atomic E-state index is 12.1. The Bertz CT molecular complexity index is 443. The molecule has 0 spiro atoms. The van der Waals surface area contributed by atoms with E-state index in [0.29, 0.717) is 10.6 Å². The van der Waals surface area contributed by atoms with E-state index in [1.807, 2.05) is 0 Å². The third-order valence-electron chi connectivity index (χ3n) is 2.38. The van der Waals surface area contributed by atoms with Gasteiger partial charge >= 0.3 is 7.82 Å². The molecular formula is C11H17ClO6P2. The summed E-state index contributed by atoms with van der Waals surface area (Å²) in [6, 6.07) is 6.85. The van der Waals surface area contributed by atoms with Crippen LogP contribution in [0, 0.1) is 0 Å². The maximum Gasteiger partial charge on any atom is 0.475 e. The van der Waals surface area contributed by atoms with Gasteiger partial charge in [0.2, 0.25) is 8.38 Å². The average Bonchev–Trinajstić information content (AvgIpc) is 2.48. The van der Waals surface area contributed by atoms with Gasteiger partial charge in [0.25, 0.3) is 0 Å². The number of phosphoric ester groups is 1. The molecule has 0 bridgehead atoms. The van der Waals surface area contributed by atoms with Crippen LogP contribution in [-0.4, -0.2) is 28.4 Å². The fourth-order valence-electron chi connectivity index (χ4n) is 1.40. The number of hydrogen-bond acceptors (Lipinski definition) is 6. The molecule has 1 unspecified atom stereocenters. The van der Waals surface area contributed by atoms with Crippen molar-refractivity contribution in [1.82, 2.24) is 0 Å². The molecule has 0 amide bonds. The van der Waals surface area contributed by atoms with Crippen molar-refractivity contribution in [3.63, 3.8) is 0 Å². The average molecular weight is 343 g/mol. The highest BCUT2D eigenvalue weighted by molar-refractivity contribution is 7.51. The summed E-state index contributed by atoms with van der Waals surface area (Å²) in [7, 11) is 0.288. The number of benzene rings is 1. The first-order chi connectivity index (χ1) is 9.49. The van der Waals surface area contributed by atoms with Crippen molar-refractivity contribution in [2.45, 2.75) is 5.85 Å². The molecule has 1 aromatic carbocycles. The van der Waals surface area contributed by atoms with Crippen LogP contribution in [0.25, 0.3) is 0 Å². The van der Waals surface area contributed by atoms with Crippen molar-refractivity contribution in [3.8, 4) is 0 Å². The quantitative estimate of drug-likeness (QED) is 0.654. The minimum absolute atomic E-state index is 0.577. The van der Waals surface area contributed by atoms with Crippen molar-refractivity contribution >= 4 is 27.8 Å². The van der Waals surface area contributed by atoms with Crippen molar-refractivity contribution in [2.75, 3.05) is 28.4 Å². The van der Waals surface area contributed by atoms with Crippen LogP contribution >= 0.6 is 27.8 Å². The Morgan fingerprint density at radius 1 is 1.05 bits per heavy atom. The fourth-order valence-corrected chi connectivity index (χ4v) is 3.81. The lowest BCUT2D eigenvalue weighted by atomic mass is 10.2. The lowest BCUT2D eigenvalue weighted by Crippen LogP contribution is -2.05. The van der Waals surface area contributed by atoms with Crippen molar-refractivity contribution in [2.24, 2.45) is 0 Å². The second-order valence-electron chi connectivity index (χ2n) is 3.47. The van der Waals surface area contributed by atoms with Crippen LogP contribution in [0.5, 0.6) is 0 Å². The topological polar surface area (TPSA) is 63.2 Å². The van der Waals surface area contributed by atoms with E-state index in [2.05, 4.69) is 0 Å². The molecule has 0 heterocycles. The SMILES string of the molecule is COP(OC)C(OP(=O)(OC)OC)c1ccc(Cl)cc1. The molecule has 1 aromatic rings. The van der Waals surface area contributed by atoms with Crippen molar-refractivity contribution in [1.29, 1.82) is 0 Å². The lowest BCUT2D eigenvalue weighted by Gasteiger charge is -2.26. The third kappa shape index (κ3) is 4.76. The Hall–Kier alpha value is -0.0300. The molecule has 0 N–H and O–H groups in total. The molecule has 0 saturated heterocycles. The molecule has 1 rings (SSSR count). The van der Waals surface area contributed by atoms with Crippen LogP contribution in [0.1, 0.15) is 11.4 Å². The van der Waals surface area contributed by atoms with Crippen LogP contribution in [0.15, 0.2) is 24.3 Å². The molecule has 1 atom stereocenters. The van der Waals surface area contributed by atoms with Crippen LogP contribution < -0.4 is 0 Å². The molecule has 114 valence electrons. The zero-order valence-corrected chi connectivity index (χ0v) is 14.2. The molecule has 0 aromatic heterocycles. The summed E-state index contributed by atoms with van der Waals surface area (Å²) in [5.74, 6) is -0.733. The predicted octanol–water partition coefficient (Wildman–Crippen LogP) is 4.36. The first-order valence-electron chi connectivity index (χ1n) is 5.52. The highest BCUT2D eigenvalue weighted by atomic mass is 35.5. The van der Waals surface area contributed by atoms with Gasteiger partial charge in [-0.25, -0.2) is 4.57 Å². The first-order valence-corrected chi connectivity index (χ1v) is 8.61. The van der Waals surface area contributed by atoms with Crippen molar-refractivity contribution in [3.05, 3.63) is 34.9 Å². The number of hydrogen-bond donors (Lipinski definition) is 0. The van der Waals surface area contributed by atoms with Gasteiger partial charge in [0.1, 0.15) is 0 Å². The van der Waals surface area contributed by atoms with E-state index in [1.54, 1.807) is 24.3 Å². The van der Waals surface area contributed by atoms with E-state index >= 15 is 0 Å². The normalized spacial score (nSPS) is 13.7. The molecule has 0 aliphatic rings. The van der Waals surface area contributed by atoms with Gasteiger partial charge in [-0.15, -0.1) is 0 Å². The smallest absolute Gasteiger partial charge is 0.335 e. The largest absolute Gasteiger partial charge is 0.475 e. The van der Waals surface area contributed by atoms with Gasteiger partial charge in [0, 0.05) is 33.5 Å².